The van der Waals surface area contributed by atoms with Gasteiger partial charge in [0, 0.05) is 12.6 Å². The Kier molecular flexibility index (Phi) is 2.38. The van der Waals surface area contributed by atoms with Crippen molar-refractivity contribution < 1.29 is 14.3 Å². The minimum atomic E-state index is -0.888. The first-order valence-electron chi connectivity index (χ1n) is 4.93. The molecule has 0 fully saturated rings. The monoisotopic (exact) mass is 220 g/mol. The third-order valence-corrected chi connectivity index (χ3v) is 2.38. The average molecular weight is 220 g/mol. The zero-order chi connectivity index (χ0) is 11.8. The van der Waals surface area contributed by atoms with Gasteiger partial charge in [0.15, 0.2) is 17.1 Å². The van der Waals surface area contributed by atoms with Gasteiger partial charge in [-0.2, -0.15) is 4.98 Å². The predicted molar refractivity (Wildman–Crippen MR) is 56.9 cm³/mol. The number of nitrogens with zero attached hydrogens (tertiary/aromatic N) is 2. The number of rotatable bonds is 3. The zero-order valence-corrected chi connectivity index (χ0v) is 9.10. The van der Waals surface area contributed by atoms with Crippen LogP contribution >= 0.6 is 0 Å². The van der Waals surface area contributed by atoms with Gasteiger partial charge in [0.25, 0.3) is 0 Å². The van der Waals surface area contributed by atoms with Crippen LogP contribution in [0.5, 0.6) is 0 Å². The molecule has 2 rings (SSSR count). The molecule has 0 saturated heterocycles. The van der Waals surface area contributed by atoms with E-state index < -0.39 is 11.4 Å². The second-order valence-corrected chi connectivity index (χ2v) is 4.30. The van der Waals surface area contributed by atoms with Crippen molar-refractivity contribution in [3.05, 3.63) is 24.2 Å². The van der Waals surface area contributed by atoms with Crippen LogP contribution in [0.4, 0.5) is 0 Å². The standard InChI is InChI=1S/C11H12N2O3/c1-11(2,10(14)15)6-8-13-9-7(16-8)4-3-5-12-9/h3-5H,6H2,1-2H3,(H,14,15). The number of aromatic nitrogens is 2. The summed E-state index contributed by atoms with van der Waals surface area (Å²) in [6.07, 6.45) is 1.87. The molecular formula is C11H12N2O3. The molecule has 16 heavy (non-hydrogen) atoms. The van der Waals surface area contributed by atoms with Crippen molar-refractivity contribution in [2.45, 2.75) is 20.3 Å². The first kappa shape index (κ1) is 10.6. The van der Waals surface area contributed by atoms with Gasteiger partial charge < -0.3 is 9.52 Å². The van der Waals surface area contributed by atoms with Gasteiger partial charge in [-0.15, -0.1) is 0 Å². The summed E-state index contributed by atoms with van der Waals surface area (Å²) in [6.45, 7) is 3.27. The van der Waals surface area contributed by atoms with Crippen molar-refractivity contribution in [1.29, 1.82) is 0 Å². The summed E-state index contributed by atoms with van der Waals surface area (Å²) in [4.78, 5) is 19.1. The number of carbonyl (C=O) groups is 1. The molecule has 0 spiro atoms. The molecule has 5 heteroatoms. The van der Waals surface area contributed by atoms with Gasteiger partial charge in [0.05, 0.1) is 5.41 Å². The van der Waals surface area contributed by atoms with Crippen molar-refractivity contribution in [3.8, 4) is 0 Å². The molecule has 2 aromatic heterocycles. The van der Waals surface area contributed by atoms with Crippen LogP contribution in [0.3, 0.4) is 0 Å². The maximum atomic E-state index is 11.0. The first-order chi connectivity index (χ1) is 7.49. The zero-order valence-electron chi connectivity index (χ0n) is 9.10. The molecular weight excluding hydrogens is 208 g/mol. The molecule has 1 N–H and O–H groups in total. The van der Waals surface area contributed by atoms with Crippen LogP contribution in [0.2, 0.25) is 0 Å². The van der Waals surface area contributed by atoms with Crippen LogP contribution < -0.4 is 0 Å². The number of hydrogen-bond donors (Lipinski definition) is 1. The van der Waals surface area contributed by atoms with Crippen molar-refractivity contribution in [1.82, 2.24) is 9.97 Å². The van der Waals surface area contributed by atoms with Gasteiger partial charge in [-0.3, -0.25) is 4.79 Å². The summed E-state index contributed by atoms with van der Waals surface area (Å²) < 4.78 is 5.42. The van der Waals surface area contributed by atoms with E-state index in [2.05, 4.69) is 9.97 Å². The first-order valence-corrected chi connectivity index (χ1v) is 4.93. The Morgan fingerprint density at radius 2 is 2.31 bits per heavy atom. The van der Waals surface area contributed by atoms with E-state index in [4.69, 9.17) is 9.52 Å². The lowest BCUT2D eigenvalue weighted by molar-refractivity contribution is -0.147. The number of fused-ring (bicyclic) bond motifs is 1. The molecule has 2 heterocycles. The quantitative estimate of drug-likeness (QED) is 0.854. The molecule has 0 unspecified atom stereocenters. The van der Waals surface area contributed by atoms with Crippen LogP contribution in [-0.2, 0) is 11.2 Å². The Balaban J connectivity index is 2.32. The van der Waals surface area contributed by atoms with Gasteiger partial charge in [-0.05, 0) is 26.0 Å². The molecule has 84 valence electrons. The SMILES string of the molecule is CC(C)(Cc1nc2ncccc2o1)C(=O)O. The highest BCUT2D eigenvalue weighted by atomic mass is 16.4. The molecule has 0 aliphatic rings. The number of hydrogen-bond acceptors (Lipinski definition) is 4. The number of aliphatic carboxylic acids is 1. The lowest BCUT2D eigenvalue weighted by atomic mass is 9.90. The molecule has 0 aliphatic carbocycles. The molecule has 0 aliphatic heterocycles. The molecule has 0 saturated carbocycles. The Bertz CT molecular complexity index is 498. The molecule has 0 aromatic carbocycles. The van der Waals surface area contributed by atoms with E-state index in [1.807, 2.05) is 0 Å². The topological polar surface area (TPSA) is 76.2 Å². The highest BCUT2D eigenvalue weighted by molar-refractivity contribution is 5.74. The number of carboxylic acids is 1. The largest absolute Gasteiger partial charge is 0.481 e. The molecule has 5 nitrogen and oxygen atoms in total. The number of carboxylic acid groups (broad SMARTS) is 1. The molecule has 0 amide bonds. The van der Waals surface area contributed by atoms with Crippen LogP contribution in [0.15, 0.2) is 22.7 Å². The van der Waals surface area contributed by atoms with Crippen LogP contribution in [-0.4, -0.2) is 21.0 Å². The van der Waals surface area contributed by atoms with E-state index in [-0.39, 0.29) is 6.42 Å². The van der Waals surface area contributed by atoms with Gasteiger partial charge >= 0.3 is 5.97 Å². The summed E-state index contributed by atoms with van der Waals surface area (Å²) in [6, 6.07) is 3.51. The van der Waals surface area contributed by atoms with Crippen molar-refractivity contribution in [3.63, 3.8) is 0 Å². The summed E-state index contributed by atoms with van der Waals surface area (Å²) in [5.74, 6) is -0.469. The van der Waals surface area contributed by atoms with E-state index in [0.717, 1.165) is 0 Å². The van der Waals surface area contributed by atoms with Crippen molar-refractivity contribution in [2.75, 3.05) is 0 Å². The third kappa shape index (κ3) is 1.88. The van der Waals surface area contributed by atoms with E-state index in [9.17, 15) is 4.79 Å². The minimum absolute atomic E-state index is 0.249. The van der Waals surface area contributed by atoms with Crippen molar-refractivity contribution >= 4 is 17.2 Å². The smallest absolute Gasteiger partial charge is 0.309 e. The van der Waals surface area contributed by atoms with Crippen LogP contribution in [0, 0.1) is 5.41 Å². The molecule has 0 bridgehead atoms. The van der Waals surface area contributed by atoms with Crippen molar-refractivity contribution in [2.24, 2.45) is 5.41 Å². The Labute approximate surface area is 92.1 Å². The van der Waals surface area contributed by atoms with E-state index in [1.165, 1.54) is 0 Å². The summed E-state index contributed by atoms with van der Waals surface area (Å²) in [7, 11) is 0. The Morgan fingerprint density at radius 1 is 1.56 bits per heavy atom. The van der Waals surface area contributed by atoms with Gasteiger partial charge in [0.1, 0.15) is 0 Å². The average Bonchev–Trinajstić information content (AvgIpc) is 2.58. The molecule has 2 aromatic rings. The highest BCUT2D eigenvalue weighted by Gasteiger charge is 2.29. The lowest BCUT2D eigenvalue weighted by Crippen LogP contribution is -2.26. The fourth-order valence-corrected chi connectivity index (χ4v) is 1.34. The summed E-state index contributed by atoms with van der Waals surface area (Å²) in [5, 5.41) is 8.99. The maximum absolute atomic E-state index is 11.0. The van der Waals surface area contributed by atoms with Gasteiger partial charge in [-0.1, -0.05) is 0 Å². The summed E-state index contributed by atoms with van der Waals surface area (Å²) >= 11 is 0. The van der Waals surface area contributed by atoms with Crippen LogP contribution in [0.1, 0.15) is 19.7 Å². The lowest BCUT2D eigenvalue weighted by Gasteiger charge is -2.15. The maximum Gasteiger partial charge on any atom is 0.309 e. The second kappa shape index (κ2) is 3.59. The van der Waals surface area contributed by atoms with Crippen LogP contribution in [0.25, 0.3) is 11.2 Å². The predicted octanol–water partition coefficient (Wildman–Crippen LogP) is 1.88. The molecule has 0 radical (unpaired) electrons. The van der Waals surface area contributed by atoms with E-state index in [0.29, 0.717) is 17.1 Å². The molecule has 0 atom stereocenters. The fourth-order valence-electron chi connectivity index (χ4n) is 1.34. The third-order valence-electron chi connectivity index (χ3n) is 2.38. The van der Waals surface area contributed by atoms with E-state index >= 15 is 0 Å². The fraction of sp³-hybridized carbons (Fsp3) is 0.364. The normalized spacial score (nSPS) is 11.9. The minimum Gasteiger partial charge on any atom is -0.481 e. The summed E-state index contributed by atoms with van der Waals surface area (Å²) in [5.41, 5.74) is 0.207. The number of pyridine rings is 1. The Hall–Kier alpha value is -1.91. The second-order valence-electron chi connectivity index (χ2n) is 4.30. The van der Waals surface area contributed by atoms with Gasteiger partial charge in [0.2, 0.25) is 0 Å². The van der Waals surface area contributed by atoms with E-state index in [1.54, 1.807) is 32.2 Å². The Morgan fingerprint density at radius 3 is 2.94 bits per heavy atom. The number of oxazole rings is 1. The highest BCUT2D eigenvalue weighted by Crippen LogP contribution is 2.23. The van der Waals surface area contributed by atoms with Gasteiger partial charge in [-0.25, -0.2) is 4.98 Å².